The van der Waals surface area contributed by atoms with Gasteiger partial charge in [0.2, 0.25) is 0 Å². The van der Waals surface area contributed by atoms with Gasteiger partial charge in [0, 0.05) is 5.92 Å². The minimum absolute atomic E-state index is 0.336. The molecule has 1 unspecified atom stereocenters. The van der Waals surface area contributed by atoms with Crippen molar-refractivity contribution in [2.24, 2.45) is 11.1 Å². The minimum Gasteiger partial charge on any atom is -0.399 e. The summed E-state index contributed by atoms with van der Waals surface area (Å²) in [6.45, 7) is 0. The van der Waals surface area contributed by atoms with E-state index >= 15 is 0 Å². The highest BCUT2D eigenvalue weighted by molar-refractivity contribution is 5.95. The number of fused-ring (bicyclic) bond motifs is 2. The zero-order chi connectivity index (χ0) is 15.0. The summed E-state index contributed by atoms with van der Waals surface area (Å²) in [6.07, 6.45) is -0.0697. The third-order valence-electron chi connectivity index (χ3n) is 3.89. The number of hydrogen-bond acceptors (Lipinski definition) is 2. The summed E-state index contributed by atoms with van der Waals surface area (Å²) in [5, 5.41) is 3.20. The van der Waals surface area contributed by atoms with Crippen molar-refractivity contribution in [3.8, 4) is 0 Å². The lowest BCUT2D eigenvalue weighted by Gasteiger charge is -2.21. The summed E-state index contributed by atoms with van der Waals surface area (Å²) in [6, 6.07) is 7.93. The van der Waals surface area contributed by atoms with Crippen molar-refractivity contribution in [3.05, 3.63) is 53.1 Å². The number of hydrogen-bond donors (Lipinski definition) is 0. The van der Waals surface area contributed by atoms with Crippen molar-refractivity contribution in [3.63, 3.8) is 0 Å². The van der Waals surface area contributed by atoms with E-state index in [-0.39, 0.29) is 0 Å². The van der Waals surface area contributed by atoms with Crippen LogP contribution in [0.5, 0.6) is 0 Å². The van der Waals surface area contributed by atoms with Crippen LogP contribution in [0.25, 0.3) is 5.57 Å². The van der Waals surface area contributed by atoms with Crippen LogP contribution in [0, 0.1) is 5.92 Å². The topological polar surface area (TPSA) is 21.6 Å². The quantitative estimate of drug-likeness (QED) is 0.593. The van der Waals surface area contributed by atoms with E-state index in [1.807, 2.05) is 24.3 Å². The Morgan fingerprint density at radius 1 is 1.29 bits per heavy atom. The fourth-order valence-corrected chi connectivity index (χ4v) is 3.00. The van der Waals surface area contributed by atoms with Crippen LogP contribution in [-0.4, -0.2) is 19.0 Å². The van der Waals surface area contributed by atoms with Gasteiger partial charge in [0.15, 0.2) is 5.71 Å². The zero-order valence-corrected chi connectivity index (χ0v) is 11.4. The molecule has 0 fully saturated rings. The smallest absolute Gasteiger partial charge is 0.399 e. The number of benzene rings is 1. The first-order valence-corrected chi connectivity index (χ1v) is 6.67. The molecule has 0 radical (unpaired) electrons. The van der Waals surface area contributed by atoms with Gasteiger partial charge in [-0.2, -0.15) is 13.2 Å². The van der Waals surface area contributed by atoms with Gasteiger partial charge < -0.3 is 4.84 Å². The molecule has 0 saturated heterocycles. The number of alkyl halides is 3. The van der Waals surface area contributed by atoms with Crippen molar-refractivity contribution >= 4 is 11.3 Å². The Hall–Kier alpha value is -2.04. The Morgan fingerprint density at radius 2 is 2.05 bits per heavy atom. The van der Waals surface area contributed by atoms with Crippen molar-refractivity contribution < 1.29 is 18.0 Å². The van der Waals surface area contributed by atoms with E-state index in [2.05, 4.69) is 9.99 Å². The molecule has 0 heterocycles. The lowest BCUT2D eigenvalue weighted by atomic mass is 9.86. The van der Waals surface area contributed by atoms with Crippen LogP contribution < -0.4 is 0 Å². The number of rotatable bonds is 2. The molecule has 1 atom stereocenters. The van der Waals surface area contributed by atoms with Gasteiger partial charge in [0.05, 0.1) is 0 Å². The second-order valence-electron chi connectivity index (χ2n) is 5.18. The number of halogens is 3. The normalized spacial score (nSPS) is 21.3. The molecule has 0 aliphatic heterocycles. The molecule has 1 aromatic carbocycles. The maximum atomic E-state index is 13.0. The van der Waals surface area contributed by atoms with Crippen LogP contribution in [0.15, 0.2) is 47.1 Å². The molecule has 2 nitrogen and oxygen atoms in total. The number of allylic oxidation sites excluding steroid dienone is 4. The average molecular weight is 293 g/mol. The van der Waals surface area contributed by atoms with E-state index in [4.69, 9.17) is 0 Å². The number of oxime groups is 1. The van der Waals surface area contributed by atoms with Crippen molar-refractivity contribution in [2.75, 3.05) is 7.11 Å². The highest BCUT2D eigenvalue weighted by Crippen LogP contribution is 2.41. The highest BCUT2D eigenvalue weighted by atomic mass is 19.4. The number of nitrogens with zero attached hydrogens (tertiary/aromatic N) is 1. The molecular formula is C16H14F3NO. The van der Waals surface area contributed by atoms with E-state index in [0.717, 1.165) is 23.8 Å². The standard InChI is InChI=1S/C16H14F3NO/c1-21-20-15(16(17,18)19)11-6-7-14-12(9-11)8-10-4-2-3-5-13(10)14/h2-7,11H,8-9H2,1H3/b20-15-. The Morgan fingerprint density at radius 3 is 2.76 bits per heavy atom. The van der Waals surface area contributed by atoms with Gasteiger partial charge >= 0.3 is 6.18 Å². The molecule has 0 aromatic heterocycles. The second-order valence-corrected chi connectivity index (χ2v) is 5.18. The Balaban J connectivity index is 1.89. The summed E-state index contributed by atoms with van der Waals surface area (Å²) in [7, 11) is 1.13. The van der Waals surface area contributed by atoms with Gasteiger partial charge in [-0.25, -0.2) is 0 Å². The molecule has 0 saturated carbocycles. The van der Waals surface area contributed by atoms with Gasteiger partial charge in [-0.05, 0) is 29.5 Å². The molecule has 21 heavy (non-hydrogen) atoms. The minimum atomic E-state index is -4.48. The van der Waals surface area contributed by atoms with E-state index in [0.29, 0.717) is 12.8 Å². The fraction of sp³-hybridized carbons (Fsp3) is 0.312. The van der Waals surface area contributed by atoms with Crippen LogP contribution in [0.1, 0.15) is 17.5 Å². The molecule has 3 rings (SSSR count). The van der Waals surface area contributed by atoms with Gasteiger partial charge in [-0.3, -0.25) is 0 Å². The summed E-state index contributed by atoms with van der Waals surface area (Å²) >= 11 is 0. The molecule has 0 spiro atoms. The Labute approximate surface area is 120 Å². The zero-order valence-electron chi connectivity index (χ0n) is 11.4. The third-order valence-corrected chi connectivity index (χ3v) is 3.89. The monoisotopic (exact) mass is 293 g/mol. The molecule has 0 amide bonds. The first-order valence-electron chi connectivity index (χ1n) is 6.67. The van der Waals surface area contributed by atoms with Crippen LogP contribution in [0.4, 0.5) is 13.2 Å². The van der Waals surface area contributed by atoms with E-state index in [1.54, 1.807) is 12.2 Å². The van der Waals surface area contributed by atoms with Crippen LogP contribution in [0.2, 0.25) is 0 Å². The SMILES string of the molecule is CO/N=C(/C1C=CC2=C(Cc3ccccc32)C1)C(F)(F)F. The van der Waals surface area contributed by atoms with E-state index in [9.17, 15) is 13.2 Å². The maximum Gasteiger partial charge on any atom is 0.433 e. The van der Waals surface area contributed by atoms with Crippen molar-refractivity contribution in [2.45, 2.75) is 19.0 Å². The molecule has 0 N–H and O–H groups in total. The van der Waals surface area contributed by atoms with Gasteiger partial charge in [-0.15, -0.1) is 0 Å². The molecule has 2 aliphatic carbocycles. The predicted octanol–water partition coefficient (Wildman–Crippen LogP) is 4.14. The largest absolute Gasteiger partial charge is 0.433 e. The lowest BCUT2D eigenvalue weighted by Crippen LogP contribution is -2.31. The van der Waals surface area contributed by atoms with Crippen LogP contribution in [0.3, 0.4) is 0 Å². The van der Waals surface area contributed by atoms with Gasteiger partial charge in [0.1, 0.15) is 7.11 Å². The van der Waals surface area contributed by atoms with E-state index < -0.39 is 17.8 Å². The lowest BCUT2D eigenvalue weighted by molar-refractivity contribution is -0.0650. The molecule has 1 aromatic rings. The maximum absolute atomic E-state index is 13.0. The average Bonchev–Trinajstić information content (AvgIpc) is 2.81. The van der Waals surface area contributed by atoms with Gasteiger partial charge in [-0.1, -0.05) is 47.1 Å². The van der Waals surface area contributed by atoms with Crippen LogP contribution >= 0.6 is 0 Å². The molecular weight excluding hydrogens is 279 g/mol. The van der Waals surface area contributed by atoms with Gasteiger partial charge in [0.25, 0.3) is 0 Å². The Kier molecular flexibility index (Phi) is 3.35. The molecule has 0 bridgehead atoms. The second kappa shape index (κ2) is 5.06. The third kappa shape index (κ3) is 2.48. The summed E-state index contributed by atoms with van der Waals surface area (Å²) in [4.78, 5) is 4.37. The predicted molar refractivity (Wildman–Crippen MR) is 74.8 cm³/mol. The first kappa shape index (κ1) is 13.9. The van der Waals surface area contributed by atoms with E-state index in [1.165, 1.54) is 5.56 Å². The first-order chi connectivity index (χ1) is 10.0. The summed E-state index contributed by atoms with van der Waals surface area (Å²) < 4.78 is 39.1. The molecule has 110 valence electrons. The molecule has 5 heteroatoms. The fourth-order valence-electron chi connectivity index (χ4n) is 3.00. The summed E-state index contributed by atoms with van der Waals surface area (Å²) in [5.74, 6) is -0.780. The summed E-state index contributed by atoms with van der Waals surface area (Å²) in [5.41, 5.74) is 3.52. The highest BCUT2D eigenvalue weighted by Gasteiger charge is 2.42. The Bertz CT molecular complexity index is 656. The van der Waals surface area contributed by atoms with Crippen molar-refractivity contribution in [1.82, 2.24) is 0 Å². The van der Waals surface area contributed by atoms with Crippen molar-refractivity contribution in [1.29, 1.82) is 0 Å². The van der Waals surface area contributed by atoms with Crippen LogP contribution in [-0.2, 0) is 11.3 Å². The molecule has 2 aliphatic rings.